The van der Waals surface area contributed by atoms with Crippen LogP contribution in [0.2, 0.25) is 0 Å². The van der Waals surface area contributed by atoms with Gasteiger partial charge >= 0.3 is 5.97 Å². The third-order valence-electron chi connectivity index (χ3n) is 4.05. The van der Waals surface area contributed by atoms with Crippen molar-refractivity contribution in [1.29, 1.82) is 0 Å². The Morgan fingerprint density at radius 1 is 1.26 bits per heavy atom. The van der Waals surface area contributed by atoms with E-state index < -0.39 is 36.1 Å². The van der Waals surface area contributed by atoms with E-state index in [-0.39, 0.29) is 19.4 Å². The van der Waals surface area contributed by atoms with Crippen LogP contribution >= 0.6 is 0 Å². The minimum atomic E-state index is -1.02. The van der Waals surface area contributed by atoms with Crippen LogP contribution in [0.15, 0.2) is 42.5 Å². The van der Waals surface area contributed by atoms with Gasteiger partial charge in [0.2, 0.25) is 0 Å². The number of hydrogen-bond acceptors (Lipinski definition) is 5. The maximum atomic E-state index is 10.9. The lowest BCUT2D eigenvalue weighted by Crippen LogP contribution is -2.24. The molecule has 23 heavy (non-hydrogen) atoms. The van der Waals surface area contributed by atoms with Crippen molar-refractivity contribution >= 4 is 5.97 Å². The van der Waals surface area contributed by atoms with Gasteiger partial charge in [-0.05, 0) is 12.1 Å². The van der Waals surface area contributed by atoms with Crippen molar-refractivity contribution in [2.75, 3.05) is 6.61 Å². The van der Waals surface area contributed by atoms with Crippen LogP contribution in [0.5, 0.6) is 5.75 Å². The number of carboxylic acids is 1. The zero-order valence-electron chi connectivity index (χ0n) is 12.7. The summed E-state index contributed by atoms with van der Waals surface area (Å²) in [6.07, 6.45) is 0.428. The Labute approximate surface area is 134 Å². The number of carboxylic acid groups (broad SMARTS) is 1. The van der Waals surface area contributed by atoms with Crippen LogP contribution in [0.25, 0.3) is 0 Å². The fourth-order valence-corrected chi connectivity index (χ4v) is 2.88. The molecular weight excluding hydrogens is 300 g/mol. The second kappa shape index (κ2) is 8.10. The molecule has 0 bridgehead atoms. The molecule has 0 radical (unpaired) electrons. The molecule has 0 heterocycles. The van der Waals surface area contributed by atoms with Crippen molar-refractivity contribution in [3.63, 3.8) is 0 Å². The minimum Gasteiger partial charge on any atom is -0.491 e. The summed E-state index contributed by atoms with van der Waals surface area (Å²) in [7, 11) is 0. The van der Waals surface area contributed by atoms with Gasteiger partial charge < -0.3 is 25.2 Å². The fourth-order valence-electron chi connectivity index (χ4n) is 2.88. The van der Waals surface area contributed by atoms with Crippen LogP contribution in [-0.2, 0) is 4.79 Å². The Balaban J connectivity index is 1.90. The quantitative estimate of drug-likeness (QED) is 0.554. The van der Waals surface area contributed by atoms with Gasteiger partial charge in [0.25, 0.3) is 0 Å². The van der Waals surface area contributed by atoms with Gasteiger partial charge in [0.1, 0.15) is 18.5 Å². The van der Waals surface area contributed by atoms with E-state index in [9.17, 15) is 20.1 Å². The Morgan fingerprint density at radius 2 is 1.96 bits per heavy atom. The first-order chi connectivity index (χ1) is 11.0. The molecule has 5 atom stereocenters. The first-order valence-corrected chi connectivity index (χ1v) is 7.59. The van der Waals surface area contributed by atoms with E-state index in [1.165, 1.54) is 6.08 Å². The number of aliphatic hydroxyl groups excluding tert-OH is 3. The highest BCUT2D eigenvalue weighted by Crippen LogP contribution is 2.36. The van der Waals surface area contributed by atoms with E-state index in [4.69, 9.17) is 9.84 Å². The highest BCUT2D eigenvalue weighted by Gasteiger charge is 2.41. The molecule has 6 heteroatoms. The second-order valence-corrected chi connectivity index (χ2v) is 5.79. The van der Waals surface area contributed by atoms with Crippen molar-refractivity contribution in [2.24, 2.45) is 11.8 Å². The standard InChI is InChI=1S/C17H22O6/c18-11(10-23-12-4-2-1-3-5-12)6-7-13-14(8-17(21)22)16(20)9-15(13)19/h1-7,11,13-16,18-20H,8-10H2,(H,21,22). The van der Waals surface area contributed by atoms with E-state index in [1.807, 2.05) is 18.2 Å². The molecule has 126 valence electrons. The van der Waals surface area contributed by atoms with Crippen LogP contribution in [-0.4, -0.2) is 51.3 Å². The van der Waals surface area contributed by atoms with Gasteiger partial charge in [-0.2, -0.15) is 0 Å². The molecule has 1 fully saturated rings. The van der Waals surface area contributed by atoms with Crippen molar-refractivity contribution in [2.45, 2.75) is 31.2 Å². The summed E-state index contributed by atoms with van der Waals surface area (Å²) in [4.78, 5) is 10.9. The Bertz CT molecular complexity index is 529. The van der Waals surface area contributed by atoms with E-state index >= 15 is 0 Å². The highest BCUT2D eigenvalue weighted by molar-refractivity contribution is 5.67. The molecule has 2 rings (SSSR count). The Hall–Kier alpha value is -1.89. The molecule has 0 aliphatic heterocycles. The lowest BCUT2D eigenvalue weighted by atomic mass is 9.90. The third-order valence-corrected chi connectivity index (χ3v) is 4.05. The predicted molar refractivity (Wildman–Crippen MR) is 82.9 cm³/mol. The lowest BCUT2D eigenvalue weighted by molar-refractivity contribution is -0.139. The molecule has 1 aromatic carbocycles. The Morgan fingerprint density at radius 3 is 2.61 bits per heavy atom. The number of para-hydroxylation sites is 1. The molecule has 4 N–H and O–H groups in total. The molecule has 0 aromatic heterocycles. The Kier molecular flexibility index (Phi) is 6.15. The van der Waals surface area contributed by atoms with Crippen molar-refractivity contribution in [3.05, 3.63) is 42.5 Å². The summed E-state index contributed by atoms with van der Waals surface area (Å²) in [5.41, 5.74) is 0. The van der Waals surface area contributed by atoms with E-state index in [2.05, 4.69) is 0 Å². The molecule has 5 unspecified atom stereocenters. The van der Waals surface area contributed by atoms with E-state index in [1.54, 1.807) is 18.2 Å². The predicted octanol–water partition coefficient (Wildman–Crippen LogP) is 0.815. The molecule has 0 amide bonds. The highest BCUT2D eigenvalue weighted by atomic mass is 16.5. The average molecular weight is 322 g/mol. The molecule has 1 aliphatic rings. The van der Waals surface area contributed by atoms with Gasteiger partial charge in [-0.25, -0.2) is 0 Å². The molecule has 1 aliphatic carbocycles. The van der Waals surface area contributed by atoms with Crippen molar-refractivity contribution in [3.8, 4) is 5.75 Å². The van der Waals surface area contributed by atoms with Gasteiger partial charge in [-0.15, -0.1) is 0 Å². The van der Waals surface area contributed by atoms with Gasteiger partial charge in [0.15, 0.2) is 0 Å². The monoisotopic (exact) mass is 322 g/mol. The number of aliphatic hydroxyl groups is 3. The SMILES string of the molecule is O=C(O)CC1C(O)CC(O)C1C=CC(O)COc1ccccc1. The number of hydrogen-bond donors (Lipinski definition) is 4. The number of aliphatic carboxylic acids is 1. The first-order valence-electron chi connectivity index (χ1n) is 7.59. The number of rotatable bonds is 7. The van der Waals surface area contributed by atoms with E-state index in [0.29, 0.717) is 5.75 Å². The largest absolute Gasteiger partial charge is 0.491 e. The number of ether oxygens (including phenoxy) is 1. The molecule has 1 aromatic rings. The van der Waals surface area contributed by atoms with Crippen LogP contribution in [0.1, 0.15) is 12.8 Å². The molecule has 0 spiro atoms. The summed E-state index contributed by atoms with van der Waals surface area (Å²) in [6, 6.07) is 9.06. The summed E-state index contributed by atoms with van der Waals surface area (Å²) >= 11 is 0. The molecular formula is C17H22O6. The van der Waals surface area contributed by atoms with Crippen LogP contribution < -0.4 is 4.74 Å². The zero-order chi connectivity index (χ0) is 16.8. The van der Waals surface area contributed by atoms with Crippen LogP contribution in [0.3, 0.4) is 0 Å². The van der Waals surface area contributed by atoms with Crippen molar-refractivity contribution in [1.82, 2.24) is 0 Å². The minimum absolute atomic E-state index is 0.0511. The third kappa shape index (κ3) is 5.06. The zero-order valence-corrected chi connectivity index (χ0v) is 12.7. The maximum Gasteiger partial charge on any atom is 0.303 e. The first kappa shape index (κ1) is 17.5. The summed E-state index contributed by atoms with van der Waals surface area (Å²) in [5, 5.41) is 38.6. The molecule has 0 saturated heterocycles. The molecule has 1 saturated carbocycles. The average Bonchev–Trinajstić information content (AvgIpc) is 2.77. The van der Waals surface area contributed by atoms with Crippen LogP contribution in [0.4, 0.5) is 0 Å². The van der Waals surface area contributed by atoms with Gasteiger partial charge in [-0.1, -0.05) is 30.4 Å². The van der Waals surface area contributed by atoms with E-state index in [0.717, 1.165) is 0 Å². The van der Waals surface area contributed by atoms with Gasteiger partial charge in [0, 0.05) is 18.3 Å². The maximum absolute atomic E-state index is 10.9. The topological polar surface area (TPSA) is 107 Å². The summed E-state index contributed by atoms with van der Waals surface area (Å²) in [5.74, 6) is -1.43. The summed E-state index contributed by atoms with van der Waals surface area (Å²) < 4.78 is 5.42. The lowest BCUT2D eigenvalue weighted by Gasteiger charge is -2.19. The molecule has 6 nitrogen and oxygen atoms in total. The number of benzene rings is 1. The van der Waals surface area contributed by atoms with Gasteiger partial charge in [0.05, 0.1) is 18.6 Å². The van der Waals surface area contributed by atoms with Crippen molar-refractivity contribution < 1.29 is 30.0 Å². The smallest absolute Gasteiger partial charge is 0.303 e. The fraction of sp³-hybridized carbons (Fsp3) is 0.471. The van der Waals surface area contributed by atoms with Gasteiger partial charge in [-0.3, -0.25) is 4.79 Å². The second-order valence-electron chi connectivity index (χ2n) is 5.79. The number of carbonyl (C=O) groups is 1. The van der Waals surface area contributed by atoms with Crippen LogP contribution in [0, 0.1) is 11.8 Å². The summed E-state index contributed by atoms with van der Waals surface area (Å²) in [6.45, 7) is 0.0511. The normalized spacial score (nSPS) is 28.8.